The molecule has 4 rings (SSSR count). The molecule has 0 aliphatic carbocycles. The molecule has 2 heterocycles. The predicted molar refractivity (Wildman–Crippen MR) is 112 cm³/mol. The zero-order valence-corrected chi connectivity index (χ0v) is 18.1. The van der Waals surface area contributed by atoms with Gasteiger partial charge in [0.05, 0.1) is 4.90 Å². The standard InChI is InChI=1S/C21H17BrN2O4S/c1-13-3-9-18(11-14(13)2)29(25,26)12-17-8-10-19(27-17)21-23-20(24-28-21)15-4-6-16(22)7-5-15/h3-11H,12H2,1-2H3. The van der Waals surface area contributed by atoms with E-state index in [1.165, 1.54) is 0 Å². The molecule has 0 spiro atoms. The maximum Gasteiger partial charge on any atom is 0.293 e. The Morgan fingerprint density at radius 1 is 0.966 bits per heavy atom. The molecule has 0 N–H and O–H groups in total. The van der Waals surface area contributed by atoms with Crippen LogP contribution in [0.1, 0.15) is 16.9 Å². The summed E-state index contributed by atoms with van der Waals surface area (Å²) in [6, 6.07) is 15.8. The third-order valence-electron chi connectivity index (χ3n) is 4.57. The monoisotopic (exact) mass is 472 g/mol. The van der Waals surface area contributed by atoms with Crippen molar-refractivity contribution in [1.29, 1.82) is 0 Å². The quantitative estimate of drug-likeness (QED) is 0.389. The zero-order chi connectivity index (χ0) is 20.6. The molecule has 0 atom stereocenters. The Kier molecular flexibility index (Phi) is 5.14. The largest absolute Gasteiger partial charge is 0.455 e. The Morgan fingerprint density at radius 3 is 2.45 bits per heavy atom. The topological polar surface area (TPSA) is 86.2 Å². The van der Waals surface area contributed by atoms with Crippen LogP contribution in [-0.4, -0.2) is 18.6 Å². The lowest BCUT2D eigenvalue weighted by Crippen LogP contribution is -2.05. The minimum atomic E-state index is -3.53. The van der Waals surface area contributed by atoms with Crippen LogP contribution in [0.3, 0.4) is 0 Å². The molecule has 4 aromatic rings. The second-order valence-corrected chi connectivity index (χ2v) is 9.61. The van der Waals surface area contributed by atoms with Crippen LogP contribution in [0, 0.1) is 13.8 Å². The SMILES string of the molecule is Cc1ccc(S(=O)(=O)Cc2ccc(-c3nc(-c4ccc(Br)cc4)no3)o2)cc1C. The molecule has 2 aromatic heterocycles. The summed E-state index contributed by atoms with van der Waals surface area (Å²) >= 11 is 3.38. The molecular formula is C21H17BrN2O4S. The summed E-state index contributed by atoms with van der Waals surface area (Å²) in [4.78, 5) is 4.61. The van der Waals surface area contributed by atoms with E-state index in [0.29, 0.717) is 17.3 Å². The van der Waals surface area contributed by atoms with Crippen molar-refractivity contribution < 1.29 is 17.4 Å². The number of halogens is 1. The van der Waals surface area contributed by atoms with Crippen LogP contribution in [0.4, 0.5) is 0 Å². The number of aryl methyl sites for hydroxylation is 2. The Labute approximate surface area is 176 Å². The van der Waals surface area contributed by atoms with E-state index < -0.39 is 9.84 Å². The highest BCUT2D eigenvalue weighted by Crippen LogP contribution is 2.27. The molecule has 0 aliphatic heterocycles. The van der Waals surface area contributed by atoms with Crippen LogP contribution in [0.25, 0.3) is 23.0 Å². The molecule has 29 heavy (non-hydrogen) atoms. The maximum absolute atomic E-state index is 12.7. The number of aromatic nitrogens is 2. The maximum atomic E-state index is 12.7. The third-order valence-corrected chi connectivity index (χ3v) is 6.74. The molecule has 0 saturated carbocycles. The highest BCUT2D eigenvalue weighted by Gasteiger charge is 2.20. The second-order valence-electron chi connectivity index (χ2n) is 6.70. The fourth-order valence-corrected chi connectivity index (χ4v) is 4.38. The molecule has 8 heteroatoms. The minimum absolute atomic E-state index is 0.192. The van der Waals surface area contributed by atoms with E-state index in [1.54, 1.807) is 30.3 Å². The smallest absolute Gasteiger partial charge is 0.293 e. The average Bonchev–Trinajstić information content (AvgIpc) is 3.33. The highest BCUT2D eigenvalue weighted by atomic mass is 79.9. The van der Waals surface area contributed by atoms with Gasteiger partial charge in [0.15, 0.2) is 15.6 Å². The Hall–Kier alpha value is -2.71. The fourth-order valence-electron chi connectivity index (χ4n) is 2.79. The first-order valence-electron chi connectivity index (χ1n) is 8.80. The first-order valence-corrected chi connectivity index (χ1v) is 11.2. The van der Waals surface area contributed by atoms with Crippen molar-refractivity contribution in [3.8, 4) is 23.0 Å². The van der Waals surface area contributed by atoms with E-state index in [0.717, 1.165) is 21.2 Å². The van der Waals surface area contributed by atoms with Gasteiger partial charge in [-0.15, -0.1) is 0 Å². The van der Waals surface area contributed by atoms with Gasteiger partial charge >= 0.3 is 0 Å². The third kappa shape index (κ3) is 4.18. The van der Waals surface area contributed by atoms with Gasteiger partial charge in [-0.2, -0.15) is 4.98 Å². The minimum Gasteiger partial charge on any atom is -0.455 e. The van der Waals surface area contributed by atoms with E-state index in [2.05, 4.69) is 26.1 Å². The normalized spacial score (nSPS) is 11.7. The van der Waals surface area contributed by atoms with Crippen molar-refractivity contribution in [1.82, 2.24) is 10.1 Å². The van der Waals surface area contributed by atoms with Gasteiger partial charge in [-0.05, 0) is 73.5 Å². The molecule has 0 fully saturated rings. The number of benzene rings is 2. The van der Waals surface area contributed by atoms with Crippen LogP contribution >= 0.6 is 15.9 Å². The summed E-state index contributed by atoms with van der Waals surface area (Å²) in [5.74, 6) is 1.00. The lowest BCUT2D eigenvalue weighted by atomic mass is 10.1. The van der Waals surface area contributed by atoms with Gasteiger partial charge < -0.3 is 8.94 Å². The van der Waals surface area contributed by atoms with Crippen LogP contribution in [0.5, 0.6) is 0 Å². The van der Waals surface area contributed by atoms with Crippen molar-refractivity contribution in [3.05, 3.63) is 76.0 Å². The van der Waals surface area contributed by atoms with Gasteiger partial charge in [0.25, 0.3) is 5.89 Å². The van der Waals surface area contributed by atoms with Crippen molar-refractivity contribution in [2.24, 2.45) is 0 Å². The Morgan fingerprint density at radius 2 is 1.72 bits per heavy atom. The van der Waals surface area contributed by atoms with E-state index in [9.17, 15) is 8.42 Å². The fraction of sp³-hybridized carbons (Fsp3) is 0.143. The molecule has 0 amide bonds. The Bertz CT molecular complexity index is 1270. The predicted octanol–water partition coefficient (Wildman–Crippen LogP) is 5.35. The van der Waals surface area contributed by atoms with Gasteiger partial charge in [0, 0.05) is 10.0 Å². The lowest BCUT2D eigenvalue weighted by molar-refractivity contribution is 0.413. The van der Waals surface area contributed by atoms with E-state index in [-0.39, 0.29) is 16.5 Å². The van der Waals surface area contributed by atoms with Gasteiger partial charge in [-0.25, -0.2) is 8.42 Å². The zero-order valence-electron chi connectivity index (χ0n) is 15.7. The van der Waals surface area contributed by atoms with Crippen LogP contribution in [-0.2, 0) is 15.6 Å². The van der Waals surface area contributed by atoms with Crippen LogP contribution in [0.15, 0.2) is 72.9 Å². The number of hydrogen-bond donors (Lipinski definition) is 0. The van der Waals surface area contributed by atoms with E-state index >= 15 is 0 Å². The summed E-state index contributed by atoms with van der Waals surface area (Å²) in [6.07, 6.45) is 0. The molecule has 0 aliphatic rings. The average molecular weight is 473 g/mol. The molecule has 148 valence electrons. The number of rotatable bonds is 5. The van der Waals surface area contributed by atoms with Crippen molar-refractivity contribution in [2.75, 3.05) is 0 Å². The summed E-state index contributed by atoms with van der Waals surface area (Å²) in [6.45, 7) is 3.83. The van der Waals surface area contributed by atoms with E-state index in [1.807, 2.05) is 38.1 Å². The molecular weight excluding hydrogens is 456 g/mol. The summed E-state index contributed by atoms with van der Waals surface area (Å²) in [5.41, 5.74) is 2.77. The number of nitrogens with zero attached hydrogens (tertiary/aromatic N) is 2. The number of sulfone groups is 1. The number of furan rings is 1. The van der Waals surface area contributed by atoms with Gasteiger partial charge in [-0.1, -0.05) is 27.2 Å². The molecule has 6 nitrogen and oxygen atoms in total. The van der Waals surface area contributed by atoms with Gasteiger partial charge in [-0.3, -0.25) is 0 Å². The summed E-state index contributed by atoms with van der Waals surface area (Å²) in [7, 11) is -3.53. The van der Waals surface area contributed by atoms with Crippen LogP contribution < -0.4 is 0 Å². The van der Waals surface area contributed by atoms with E-state index in [4.69, 9.17) is 8.94 Å². The van der Waals surface area contributed by atoms with Crippen molar-refractivity contribution >= 4 is 25.8 Å². The molecule has 0 radical (unpaired) electrons. The van der Waals surface area contributed by atoms with Gasteiger partial charge in [0.1, 0.15) is 11.5 Å². The molecule has 0 bridgehead atoms. The first kappa shape index (κ1) is 19.6. The molecule has 0 unspecified atom stereocenters. The summed E-state index contributed by atoms with van der Waals surface area (Å²) < 4.78 is 37.3. The first-order chi connectivity index (χ1) is 13.8. The second kappa shape index (κ2) is 7.61. The molecule has 0 saturated heterocycles. The Balaban J connectivity index is 1.55. The molecule has 2 aromatic carbocycles. The van der Waals surface area contributed by atoms with Crippen molar-refractivity contribution in [2.45, 2.75) is 24.5 Å². The number of hydrogen-bond acceptors (Lipinski definition) is 6. The highest BCUT2D eigenvalue weighted by molar-refractivity contribution is 9.10. The van der Waals surface area contributed by atoms with Crippen molar-refractivity contribution in [3.63, 3.8) is 0 Å². The summed E-state index contributed by atoms with van der Waals surface area (Å²) in [5, 5.41) is 3.96. The van der Waals surface area contributed by atoms with Crippen LogP contribution in [0.2, 0.25) is 0 Å². The lowest BCUT2D eigenvalue weighted by Gasteiger charge is -2.05. The van der Waals surface area contributed by atoms with Gasteiger partial charge in [0.2, 0.25) is 5.82 Å².